The average Bonchev–Trinajstić information content (AvgIpc) is 2.89. The van der Waals surface area contributed by atoms with Crippen molar-refractivity contribution in [1.82, 2.24) is 4.90 Å². The fourth-order valence-electron chi connectivity index (χ4n) is 4.98. The lowest BCUT2D eigenvalue weighted by Crippen LogP contribution is -2.48. The van der Waals surface area contributed by atoms with E-state index in [0.717, 1.165) is 25.4 Å². The number of piperidine rings is 1. The number of benzene rings is 3. The molecule has 0 bridgehead atoms. The number of anilines is 2. The minimum absolute atomic E-state index is 0.537. The van der Waals surface area contributed by atoms with Gasteiger partial charge in [-0.3, -0.25) is 4.90 Å². The van der Waals surface area contributed by atoms with E-state index < -0.39 is 0 Å². The maximum Gasteiger partial charge on any atom is 0.119 e. The van der Waals surface area contributed by atoms with E-state index in [1.807, 2.05) is 6.07 Å². The zero-order valence-corrected chi connectivity index (χ0v) is 22.6. The summed E-state index contributed by atoms with van der Waals surface area (Å²) in [5.41, 5.74) is 5.16. The van der Waals surface area contributed by atoms with E-state index in [2.05, 4.69) is 115 Å². The van der Waals surface area contributed by atoms with Gasteiger partial charge in [-0.15, -0.1) is 0 Å². The van der Waals surface area contributed by atoms with Crippen molar-refractivity contribution in [3.8, 4) is 5.75 Å². The Morgan fingerprint density at radius 2 is 1.56 bits per heavy atom. The van der Waals surface area contributed by atoms with Gasteiger partial charge < -0.3 is 14.5 Å². The number of ether oxygens (including phenoxy) is 1. The summed E-state index contributed by atoms with van der Waals surface area (Å²) >= 11 is 0. The van der Waals surface area contributed by atoms with Crippen molar-refractivity contribution in [2.24, 2.45) is 5.92 Å². The third kappa shape index (κ3) is 7.51. The van der Waals surface area contributed by atoms with E-state index in [-0.39, 0.29) is 0 Å². The fourth-order valence-corrected chi connectivity index (χ4v) is 4.98. The molecule has 1 heterocycles. The van der Waals surface area contributed by atoms with Gasteiger partial charge in [-0.25, -0.2) is 0 Å². The molecule has 36 heavy (non-hydrogen) atoms. The SMILES string of the molecule is CC(C)CCN(c1ccc(OCc2ccccc2)cc1)C1CCCN(Cc2ccc(N(C)C)cc2)C1. The van der Waals surface area contributed by atoms with E-state index >= 15 is 0 Å². The molecule has 192 valence electrons. The van der Waals surface area contributed by atoms with Crippen LogP contribution in [-0.2, 0) is 13.2 Å². The monoisotopic (exact) mass is 485 g/mol. The predicted octanol–water partition coefficient (Wildman–Crippen LogP) is 6.85. The predicted molar refractivity (Wildman–Crippen MR) is 153 cm³/mol. The van der Waals surface area contributed by atoms with Gasteiger partial charge in [-0.1, -0.05) is 56.3 Å². The first kappa shape index (κ1) is 26.1. The molecule has 1 atom stereocenters. The third-order valence-corrected chi connectivity index (χ3v) is 7.14. The molecule has 0 N–H and O–H groups in total. The lowest BCUT2D eigenvalue weighted by Gasteiger charge is -2.41. The summed E-state index contributed by atoms with van der Waals surface area (Å²) in [4.78, 5) is 7.45. The molecule has 0 aliphatic carbocycles. The maximum absolute atomic E-state index is 6.05. The zero-order chi connectivity index (χ0) is 25.3. The molecule has 1 fully saturated rings. The van der Waals surface area contributed by atoms with Crippen LogP contribution in [0.4, 0.5) is 11.4 Å². The summed E-state index contributed by atoms with van der Waals surface area (Å²) in [5.74, 6) is 1.62. The highest BCUT2D eigenvalue weighted by Gasteiger charge is 2.26. The van der Waals surface area contributed by atoms with Gasteiger partial charge in [0.1, 0.15) is 12.4 Å². The molecule has 0 aromatic heterocycles. The first-order valence-electron chi connectivity index (χ1n) is 13.5. The first-order chi connectivity index (χ1) is 17.5. The molecule has 4 heteroatoms. The van der Waals surface area contributed by atoms with Gasteiger partial charge in [-0.2, -0.15) is 0 Å². The minimum atomic E-state index is 0.537. The van der Waals surface area contributed by atoms with Gasteiger partial charge in [0.05, 0.1) is 0 Å². The lowest BCUT2D eigenvalue weighted by molar-refractivity contribution is 0.195. The van der Waals surface area contributed by atoms with Crippen LogP contribution >= 0.6 is 0 Å². The van der Waals surface area contributed by atoms with Crippen LogP contribution in [0.15, 0.2) is 78.9 Å². The summed E-state index contributed by atoms with van der Waals surface area (Å²) in [5, 5.41) is 0. The molecular formula is C32H43N3O. The number of hydrogen-bond donors (Lipinski definition) is 0. The minimum Gasteiger partial charge on any atom is -0.489 e. The largest absolute Gasteiger partial charge is 0.489 e. The zero-order valence-electron chi connectivity index (χ0n) is 22.6. The van der Waals surface area contributed by atoms with Crippen molar-refractivity contribution in [2.45, 2.75) is 52.3 Å². The Bertz CT molecular complexity index is 1030. The summed E-state index contributed by atoms with van der Waals surface area (Å²) in [6.07, 6.45) is 3.70. The lowest BCUT2D eigenvalue weighted by atomic mass is 10.0. The molecular weight excluding hydrogens is 442 g/mol. The van der Waals surface area contributed by atoms with Crippen LogP contribution in [0, 0.1) is 5.92 Å². The maximum atomic E-state index is 6.05. The van der Waals surface area contributed by atoms with E-state index in [0.29, 0.717) is 18.6 Å². The van der Waals surface area contributed by atoms with Gasteiger partial charge >= 0.3 is 0 Å². The van der Waals surface area contributed by atoms with Gasteiger partial charge in [0.25, 0.3) is 0 Å². The smallest absolute Gasteiger partial charge is 0.119 e. The molecule has 3 aromatic rings. The van der Waals surface area contributed by atoms with Crippen LogP contribution in [0.5, 0.6) is 5.75 Å². The van der Waals surface area contributed by atoms with Crippen LogP contribution in [0.3, 0.4) is 0 Å². The van der Waals surface area contributed by atoms with Crippen molar-refractivity contribution in [2.75, 3.05) is 43.5 Å². The van der Waals surface area contributed by atoms with E-state index in [1.165, 1.54) is 48.3 Å². The summed E-state index contributed by atoms with van der Waals surface area (Å²) in [6, 6.07) is 28.7. The van der Waals surface area contributed by atoms with E-state index in [4.69, 9.17) is 4.74 Å². The Morgan fingerprint density at radius 1 is 0.861 bits per heavy atom. The van der Waals surface area contributed by atoms with Crippen molar-refractivity contribution in [3.05, 3.63) is 90.0 Å². The molecule has 0 radical (unpaired) electrons. The normalized spacial score (nSPS) is 16.2. The van der Waals surface area contributed by atoms with Gasteiger partial charge in [-0.05, 0) is 79.3 Å². The standard InChI is InChI=1S/C32H43N3O/c1-26(2)20-22-35(30-16-18-32(19-17-30)36-25-28-9-6-5-7-10-28)31-11-8-21-34(24-31)23-27-12-14-29(15-13-27)33(3)4/h5-7,9-10,12-19,26,31H,8,11,20-25H2,1-4H3. The second kappa shape index (κ2) is 12.8. The quantitative estimate of drug-likeness (QED) is 0.296. The van der Waals surface area contributed by atoms with Crippen molar-refractivity contribution >= 4 is 11.4 Å². The molecule has 1 unspecified atom stereocenters. The molecule has 0 spiro atoms. The number of rotatable bonds is 11. The molecule has 1 saturated heterocycles. The number of hydrogen-bond acceptors (Lipinski definition) is 4. The summed E-state index contributed by atoms with van der Waals surface area (Å²) < 4.78 is 6.05. The highest BCUT2D eigenvalue weighted by Crippen LogP contribution is 2.27. The average molecular weight is 486 g/mol. The molecule has 3 aromatic carbocycles. The van der Waals surface area contributed by atoms with Crippen LogP contribution in [0.2, 0.25) is 0 Å². The Labute approximate surface area is 218 Å². The highest BCUT2D eigenvalue weighted by molar-refractivity contribution is 5.50. The Balaban J connectivity index is 1.41. The third-order valence-electron chi connectivity index (χ3n) is 7.14. The molecule has 1 aliphatic rings. The van der Waals surface area contributed by atoms with Crippen molar-refractivity contribution in [3.63, 3.8) is 0 Å². The van der Waals surface area contributed by atoms with Gasteiger partial charge in [0, 0.05) is 51.1 Å². The Morgan fingerprint density at radius 3 is 2.22 bits per heavy atom. The Hall–Kier alpha value is -2.98. The molecule has 0 saturated carbocycles. The van der Waals surface area contributed by atoms with Gasteiger partial charge in [0.15, 0.2) is 0 Å². The molecule has 1 aliphatic heterocycles. The highest BCUT2D eigenvalue weighted by atomic mass is 16.5. The van der Waals surface area contributed by atoms with E-state index in [1.54, 1.807) is 0 Å². The second-order valence-corrected chi connectivity index (χ2v) is 10.7. The van der Waals surface area contributed by atoms with E-state index in [9.17, 15) is 0 Å². The number of nitrogens with zero attached hydrogens (tertiary/aromatic N) is 3. The van der Waals surface area contributed by atoms with Crippen molar-refractivity contribution in [1.29, 1.82) is 0 Å². The molecule has 4 nitrogen and oxygen atoms in total. The fraction of sp³-hybridized carbons (Fsp3) is 0.438. The molecule has 0 amide bonds. The summed E-state index contributed by atoms with van der Waals surface area (Å²) in [7, 11) is 4.19. The topological polar surface area (TPSA) is 19.0 Å². The molecule has 4 rings (SSSR count). The number of likely N-dealkylation sites (tertiary alicyclic amines) is 1. The van der Waals surface area contributed by atoms with Crippen LogP contribution in [0.1, 0.15) is 44.2 Å². The second-order valence-electron chi connectivity index (χ2n) is 10.7. The van der Waals surface area contributed by atoms with Crippen LogP contribution < -0.4 is 14.5 Å². The van der Waals surface area contributed by atoms with Crippen LogP contribution in [0.25, 0.3) is 0 Å². The van der Waals surface area contributed by atoms with Crippen molar-refractivity contribution < 1.29 is 4.74 Å². The first-order valence-corrected chi connectivity index (χ1v) is 13.5. The summed E-state index contributed by atoms with van der Waals surface area (Å²) in [6.45, 7) is 9.65. The van der Waals surface area contributed by atoms with Crippen LogP contribution in [-0.4, -0.2) is 44.7 Å². The van der Waals surface area contributed by atoms with Gasteiger partial charge in [0.2, 0.25) is 0 Å². The Kier molecular flexibility index (Phi) is 9.29.